The summed E-state index contributed by atoms with van der Waals surface area (Å²) in [4.78, 5) is 12.0. The van der Waals surface area contributed by atoms with Gasteiger partial charge in [0.15, 0.2) is 0 Å². The Kier molecular flexibility index (Phi) is 3.91. The fraction of sp³-hybridized carbons (Fsp3) is 0.143. The van der Waals surface area contributed by atoms with Crippen LogP contribution in [0.25, 0.3) is 0 Å². The van der Waals surface area contributed by atoms with Crippen molar-refractivity contribution in [1.29, 1.82) is 5.26 Å². The molecular formula is C14H14N4O2. The van der Waals surface area contributed by atoms with Crippen LogP contribution in [0.3, 0.4) is 0 Å². The second-order valence-electron chi connectivity index (χ2n) is 4.14. The Bertz CT molecular complexity index is 670. The zero-order valence-corrected chi connectivity index (χ0v) is 11.0. The van der Waals surface area contributed by atoms with Crippen molar-refractivity contribution in [2.75, 3.05) is 18.2 Å². The van der Waals surface area contributed by atoms with Crippen molar-refractivity contribution in [2.45, 2.75) is 6.54 Å². The minimum Gasteiger partial charge on any atom is -0.494 e. The third kappa shape index (κ3) is 2.90. The molecule has 0 saturated carbocycles. The number of amides is 1. The number of rotatable bonds is 4. The number of benzene rings is 1. The molecule has 0 saturated heterocycles. The molecule has 1 aromatic carbocycles. The van der Waals surface area contributed by atoms with E-state index >= 15 is 0 Å². The molecule has 0 aliphatic rings. The molecule has 102 valence electrons. The molecule has 6 nitrogen and oxygen atoms in total. The number of nitrogens with one attached hydrogen (secondary N) is 1. The lowest BCUT2D eigenvalue weighted by molar-refractivity contribution is -0.116. The maximum absolute atomic E-state index is 12.0. The zero-order valence-electron chi connectivity index (χ0n) is 11.0. The molecule has 6 heteroatoms. The van der Waals surface area contributed by atoms with E-state index in [4.69, 9.17) is 15.7 Å². The third-order valence-electron chi connectivity index (χ3n) is 2.76. The van der Waals surface area contributed by atoms with Crippen LogP contribution in [-0.4, -0.2) is 17.6 Å². The molecule has 2 rings (SSSR count). The van der Waals surface area contributed by atoms with Crippen LogP contribution in [0.4, 0.5) is 11.4 Å². The van der Waals surface area contributed by atoms with Crippen molar-refractivity contribution in [1.82, 2.24) is 4.57 Å². The van der Waals surface area contributed by atoms with Gasteiger partial charge in [-0.1, -0.05) is 0 Å². The van der Waals surface area contributed by atoms with Crippen LogP contribution >= 0.6 is 0 Å². The van der Waals surface area contributed by atoms with Crippen molar-refractivity contribution >= 4 is 17.3 Å². The molecule has 0 spiro atoms. The Hall–Kier alpha value is -2.94. The molecule has 3 N–H and O–H groups in total. The first-order chi connectivity index (χ1) is 9.63. The average molecular weight is 270 g/mol. The number of methoxy groups -OCH3 is 1. The predicted octanol–water partition coefficient (Wildman–Crippen LogP) is 1.59. The van der Waals surface area contributed by atoms with Gasteiger partial charge < -0.3 is 20.4 Å². The lowest BCUT2D eigenvalue weighted by atomic mass is 10.2. The first kappa shape index (κ1) is 13.5. The van der Waals surface area contributed by atoms with E-state index in [1.54, 1.807) is 41.1 Å². The number of carbonyl (C=O) groups is 1. The average Bonchev–Trinajstić information content (AvgIpc) is 2.87. The number of nitrogens with zero attached hydrogens (tertiary/aromatic N) is 2. The summed E-state index contributed by atoms with van der Waals surface area (Å²) in [7, 11) is 1.50. The highest BCUT2D eigenvalue weighted by atomic mass is 16.5. The molecule has 20 heavy (non-hydrogen) atoms. The SMILES string of the molecule is COc1cc(N)ccc1NC(=O)Cn1cccc1C#N. The normalized spacial score (nSPS) is 9.80. The number of carbonyl (C=O) groups excluding carboxylic acids is 1. The number of ether oxygens (including phenoxy) is 1. The van der Waals surface area contributed by atoms with Crippen LogP contribution in [0.15, 0.2) is 36.5 Å². The van der Waals surface area contributed by atoms with E-state index in [1.165, 1.54) is 7.11 Å². The van der Waals surface area contributed by atoms with Crippen molar-refractivity contribution in [3.05, 3.63) is 42.2 Å². The Morgan fingerprint density at radius 3 is 3.00 bits per heavy atom. The maximum atomic E-state index is 12.0. The number of nitrogens with two attached hydrogens (primary N) is 1. The molecular weight excluding hydrogens is 256 g/mol. The van der Waals surface area contributed by atoms with Crippen LogP contribution in [0.2, 0.25) is 0 Å². The molecule has 0 bridgehead atoms. The van der Waals surface area contributed by atoms with E-state index in [9.17, 15) is 4.79 Å². The van der Waals surface area contributed by atoms with Gasteiger partial charge in [-0.3, -0.25) is 4.79 Å². The summed E-state index contributed by atoms with van der Waals surface area (Å²) < 4.78 is 6.72. The second-order valence-corrected chi connectivity index (χ2v) is 4.14. The Morgan fingerprint density at radius 1 is 1.50 bits per heavy atom. The number of hydrogen-bond donors (Lipinski definition) is 2. The predicted molar refractivity (Wildman–Crippen MR) is 75.2 cm³/mol. The van der Waals surface area contributed by atoms with Crippen LogP contribution in [0.5, 0.6) is 5.75 Å². The van der Waals surface area contributed by atoms with Gasteiger partial charge >= 0.3 is 0 Å². The summed E-state index contributed by atoms with van der Waals surface area (Å²) in [6, 6.07) is 10.4. The van der Waals surface area contributed by atoms with E-state index in [1.807, 2.05) is 6.07 Å². The summed E-state index contributed by atoms with van der Waals surface area (Å²) in [6.07, 6.45) is 1.68. The van der Waals surface area contributed by atoms with Crippen LogP contribution in [0, 0.1) is 11.3 Å². The van der Waals surface area contributed by atoms with Crippen LogP contribution in [0.1, 0.15) is 5.69 Å². The fourth-order valence-electron chi connectivity index (χ4n) is 1.81. The first-order valence-corrected chi connectivity index (χ1v) is 5.92. The molecule has 0 radical (unpaired) electrons. The molecule has 1 aromatic heterocycles. The number of anilines is 2. The first-order valence-electron chi connectivity index (χ1n) is 5.92. The van der Waals surface area contributed by atoms with Gasteiger partial charge in [0.05, 0.1) is 12.8 Å². The van der Waals surface area contributed by atoms with Gasteiger partial charge in [0.2, 0.25) is 5.91 Å². The summed E-state index contributed by atoms with van der Waals surface area (Å²) in [5, 5.41) is 11.6. The van der Waals surface area contributed by atoms with Gasteiger partial charge in [0, 0.05) is 18.0 Å². The molecule has 1 heterocycles. The molecule has 0 aliphatic carbocycles. The van der Waals surface area contributed by atoms with E-state index < -0.39 is 0 Å². The molecule has 0 atom stereocenters. The Labute approximate surface area is 116 Å². The van der Waals surface area contributed by atoms with E-state index in [0.717, 1.165) is 0 Å². The lowest BCUT2D eigenvalue weighted by Gasteiger charge is -2.11. The monoisotopic (exact) mass is 270 g/mol. The van der Waals surface area contributed by atoms with Gasteiger partial charge in [-0.15, -0.1) is 0 Å². The summed E-state index contributed by atoms with van der Waals surface area (Å²) in [5.41, 5.74) is 7.18. The van der Waals surface area contributed by atoms with Crippen molar-refractivity contribution in [3.8, 4) is 11.8 Å². The molecule has 0 fully saturated rings. The van der Waals surface area contributed by atoms with Gasteiger partial charge in [0.25, 0.3) is 0 Å². The summed E-state index contributed by atoms with van der Waals surface area (Å²) in [5.74, 6) is 0.243. The smallest absolute Gasteiger partial charge is 0.244 e. The highest BCUT2D eigenvalue weighted by molar-refractivity contribution is 5.92. The minimum absolute atomic E-state index is 0.0590. The quantitative estimate of drug-likeness (QED) is 0.825. The molecule has 1 amide bonds. The standard InChI is InChI=1S/C14H14N4O2/c1-20-13-7-10(16)4-5-12(13)17-14(19)9-18-6-2-3-11(18)8-15/h2-7H,9,16H2,1H3,(H,17,19). The number of hydrogen-bond acceptors (Lipinski definition) is 4. The van der Waals surface area contributed by atoms with Gasteiger partial charge in [-0.05, 0) is 24.3 Å². The lowest BCUT2D eigenvalue weighted by Crippen LogP contribution is -2.19. The Morgan fingerprint density at radius 2 is 2.30 bits per heavy atom. The van der Waals surface area contributed by atoms with Gasteiger partial charge in [0.1, 0.15) is 24.1 Å². The van der Waals surface area contributed by atoms with E-state index in [0.29, 0.717) is 22.8 Å². The van der Waals surface area contributed by atoms with E-state index in [-0.39, 0.29) is 12.5 Å². The van der Waals surface area contributed by atoms with Gasteiger partial charge in [-0.25, -0.2) is 0 Å². The largest absolute Gasteiger partial charge is 0.494 e. The third-order valence-corrected chi connectivity index (χ3v) is 2.76. The molecule has 0 unspecified atom stereocenters. The summed E-state index contributed by atoms with van der Waals surface area (Å²) >= 11 is 0. The zero-order chi connectivity index (χ0) is 14.5. The molecule has 2 aromatic rings. The minimum atomic E-state index is -0.249. The number of aromatic nitrogens is 1. The highest BCUT2D eigenvalue weighted by Gasteiger charge is 2.10. The second kappa shape index (κ2) is 5.80. The van der Waals surface area contributed by atoms with Crippen molar-refractivity contribution < 1.29 is 9.53 Å². The fourth-order valence-corrected chi connectivity index (χ4v) is 1.81. The van der Waals surface area contributed by atoms with Crippen LogP contribution < -0.4 is 15.8 Å². The number of nitrogen functional groups attached to an aromatic ring is 1. The van der Waals surface area contributed by atoms with Crippen LogP contribution in [-0.2, 0) is 11.3 Å². The van der Waals surface area contributed by atoms with Crippen molar-refractivity contribution in [2.24, 2.45) is 0 Å². The number of nitriles is 1. The summed E-state index contributed by atoms with van der Waals surface area (Å²) in [6.45, 7) is 0.0590. The highest BCUT2D eigenvalue weighted by Crippen LogP contribution is 2.26. The van der Waals surface area contributed by atoms with Crippen molar-refractivity contribution in [3.63, 3.8) is 0 Å². The molecule has 0 aliphatic heterocycles. The maximum Gasteiger partial charge on any atom is 0.244 e. The topological polar surface area (TPSA) is 93.1 Å². The Balaban J connectivity index is 2.11. The van der Waals surface area contributed by atoms with Gasteiger partial charge in [-0.2, -0.15) is 5.26 Å². The van der Waals surface area contributed by atoms with E-state index in [2.05, 4.69) is 5.32 Å².